The van der Waals surface area contributed by atoms with Crippen LogP contribution in [-0.2, 0) is 13.6 Å². The quantitative estimate of drug-likeness (QED) is 0.629. The summed E-state index contributed by atoms with van der Waals surface area (Å²) in [5.41, 5.74) is 7.56. The molecule has 0 saturated carbocycles. The summed E-state index contributed by atoms with van der Waals surface area (Å²) in [4.78, 5) is 0. The average Bonchev–Trinajstić information content (AvgIpc) is 2.10. The fraction of sp³-hybridized carbons (Fsp3) is 0.571. The molecular formula is C7H15N3. The van der Waals surface area contributed by atoms with Gasteiger partial charge < -0.3 is 5.73 Å². The summed E-state index contributed by atoms with van der Waals surface area (Å²) in [6.07, 6.45) is 1.94. The molecule has 0 saturated heterocycles. The third-order valence-electron chi connectivity index (χ3n) is 1.34. The predicted molar refractivity (Wildman–Crippen MR) is 42.6 cm³/mol. The van der Waals surface area contributed by atoms with Crippen molar-refractivity contribution in [3.05, 3.63) is 17.5 Å². The summed E-state index contributed by atoms with van der Waals surface area (Å²) in [5, 5.41) is 4.12. The van der Waals surface area contributed by atoms with Gasteiger partial charge in [0.2, 0.25) is 0 Å². The van der Waals surface area contributed by atoms with Crippen molar-refractivity contribution < 1.29 is 0 Å². The second-order valence-electron chi connectivity index (χ2n) is 2.12. The Morgan fingerprint density at radius 1 is 1.70 bits per heavy atom. The normalized spacial score (nSPS) is 9.10. The summed E-state index contributed by atoms with van der Waals surface area (Å²) in [5.74, 6) is 0. The van der Waals surface area contributed by atoms with Gasteiger partial charge in [0.15, 0.2) is 0 Å². The van der Waals surface area contributed by atoms with Crippen molar-refractivity contribution in [3.63, 3.8) is 0 Å². The van der Waals surface area contributed by atoms with E-state index in [1.165, 1.54) is 0 Å². The SMILES string of the molecule is C.Cc1nn(C)cc1CN. The molecule has 0 fully saturated rings. The van der Waals surface area contributed by atoms with Gasteiger partial charge in [-0.25, -0.2) is 0 Å². The van der Waals surface area contributed by atoms with E-state index in [2.05, 4.69) is 5.10 Å². The molecule has 10 heavy (non-hydrogen) atoms. The summed E-state index contributed by atoms with van der Waals surface area (Å²) in [6, 6.07) is 0. The monoisotopic (exact) mass is 141 g/mol. The fourth-order valence-corrected chi connectivity index (χ4v) is 0.849. The van der Waals surface area contributed by atoms with Crippen molar-refractivity contribution >= 4 is 0 Å². The van der Waals surface area contributed by atoms with Crippen LogP contribution in [0.5, 0.6) is 0 Å². The van der Waals surface area contributed by atoms with Crippen LogP contribution in [0.1, 0.15) is 18.7 Å². The van der Waals surface area contributed by atoms with Crippen LogP contribution in [0.4, 0.5) is 0 Å². The number of aryl methyl sites for hydroxylation is 2. The average molecular weight is 141 g/mol. The molecular weight excluding hydrogens is 126 g/mol. The second kappa shape index (κ2) is 3.37. The molecule has 0 aliphatic rings. The van der Waals surface area contributed by atoms with Gasteiger partial charge in [0.05, 0.1) is 5.69 Å². The van der Waals surface area contributed by atoms with Gasteiger partial charge in [-0.15, -0.1) is 0 Å². The first kappa shape index (κ1) is 9.17. The minimum Gasteiger partial charge on any atom is -0.326 e. The third kappa shape index (κ3) is 1.57. The van der Waals surface area contributed by atoms with Gasteiger partial charge in [0.1, 0.15) is 0 Å². The number of hydrogen-bond acceptors (Lipinski definition) is 2. The summed E-state index contributed by atoms with van der Waals surface area (Å²) >= 11 is 0. The van der Waals surface area contributed by atoms with Crippen LogP contribution in [0.2, 0.25) is 0 Å². The number of hydrogen-bond donors (Lipinski definition) is 1. The Kier molecular flexibility index (Phi) is 3.09. The first-order valence-corrected chi connectivity index (χ1v) is 2.93. The highest BCUT2D eigenvalue weighted by molar-refractivity contribution is 5.14. The number of nitrogens with zero attached hydrogens (tertiary/aromatic N) is 2. The molecule has 1 aromatic heterocycles. The van der Waals surface area contributed by atoms with Gasteiger partial charge in [-0.2, -0.15) is 5.10 Å². The highest BCUT2D eigenvalue weighted by atomic mass is 15.2. The van der Waals surface area contributed by atoms with E-state index in [1.54, 1.807) is 4.68 Å². The minimum absolute atomic E-state index is 0. The van der Waals surface area contributed by atoms with Gasteiger partial charge in [0, 0.05) is 25.4 Å². The van der Waals surface area contributed by atoms with Gasteiger partial charge in [-0.3, -0.25) is 4.68 Å². The summed E-state index contributed by atoms with van der Waals surface area (Å²) in [6.45, 7) is 2.54. The van der Waals surface area contributed by atoms with Gasteiger partial charge in [-0.05, 0) is 6.92 Å². The first-order chi connectivity index (χ1) is 4.24. The van der Waals surface area contributed by atoms with E-state index in [0.717, 1.165) is 11.3 Å². The Balaban J connectivity index is 0.000000810. The molecule has 0 atom stereocenters. The molecule has 0 spiro atoms. The van der Waals surface area contributed by atoms with Gasteiger partial charge >= 0.3 is 0 Å². The lowest BCUT2D eigenvalue weighted by molar-refractivity contribution is 0.756. The maximum atomic E-state index is 5.41. The molecule has 0 radical (unpaired) electrons. The van der Waals surface area contributed by atoms with Crippen LogP contribution in [0, 0.1) is 6.92 Å². The zero-order valence-corrected chi connectivity index (χ0v) is 5.76. The Hall–Kier alpha value is -0.830. The van der Waals surface area contributed by atoms with Crippen LogP contribution < -0.4 is 5.73 Å². The van der Waals surface area contributed by atoms with E-state index in [-0.39, 0.29) is 7.43 Å². The minimum atomic E-state index is 0. The highest BCUT2D eigenvalue weighted by Gasteiger charge is 1.97. The van der Waals surface area contributed by atoms with Crippen LogP contribution in [-0.4, -0.2) is 9.78 Å². The van der Waals surface area contributed by atoms with E-state index in [9.17, 15) is 0 Å². The van der Waals surface area contributed by atoms with Crippen molar-refractivity contribution in [2.75, 3.05) is 0 Å². The molecule has 58 valence electrons. The molecule has 0 amide bonds. The number of aromatic nitrogens is 2. The fourth-order valence-electron chi connectivity index (χ4n) is 0.849. The van der Waals surface area contributed by atoms with E-state index >= 15 is 0 Å². The number of nitrogens with two attached hydrogens (primary N) is 1. The zero-order valence-electron chi connectivity index (χ0n) is 5.76. The molecule has 0 aliphatic carbocycles. The standard InChI is InChI=1S/C6H11N3.CH4/c1-5-6(3-7)4-9(2)8-5;/h4H,3,7H2,1-2H3;1H4. The molecule has 3 nitrogen and oxygen atoms in total. The lowest BCUT2D eigenvalue weighted by Crippen LogP contribution is -1.95. The van der Waals surface area contributed by atoms with Crippen LogP contribution in [0.15, 0.2) is 6.20 Å². The predicted octanol–water partition coefficient (Wildman–Crippen LogP) is 0.823. The highest BCUT2D eigenvalue weighted by Crippen LogP contribution is 2.01. The van der Waals surface area contributed by atoms with Crippen LogP contribution in [0.25, 0.3) is 0 Å². The molecule has 1 heterocycles. The van der Waals surface area contributed by atoms with Gasteiger partial charge in [0.25, 0.3) is 0 Å². The van der Waals surface area contributed by atoms with Crippen molar-refractivity contribution in [2.45, 2.75) is 20.9 Å². The van der Waals surface area contributed by atoms with E-state index in [4.69, 9.17) is 5.73 Å². The number of rotatable bonds is 1. The van der Waals surface area contributed by atoms with E-state index in [1.807, 2.05) is 20.2 Å². The topological polar surface area (TPSA) is 43.8 Å². The molecule has 0 unspecified atom stereocenters. The second-order valence-corrected chi connectivity index (χ2v) is 2.12. The van der Waals surface area contributed by atoms with E-state index < -0.39 is 0 Å². The Morgan fingerprint density at radius 3 is 2.50 bits per heavy atom. The molecule has 0 aromatic carbocycles. The Morgan fingerprint density at radius 2 is 2.30 bits per heavy atom. The zero-order chi connectivity index (χ0) is 6.85. The largest absolute Gasteiger partial charge is 0.326 e. The van der Waals surface area contributed by atoms with Crippen molar-refractivity contribution in [1.82, 2.24) is 9.78 Å². The maximum absolute atomic E-state index is 5.41. The first-order valence-electron chi connectivity index (χ1n) is 2.93. The Labute approximate surface area is 61.8 Å². The van der Waals surface area contributed by atoms with Crippen LogP contribution >= 0.6 is 0 Å². The Bertz CT molecular complexity index is 203. The molecule has 0 bridgehead atoms. The van der Waals surface area contributed by atoms with Gasteiger partial charge in [-0.1, -0.05) is 7.43 Å². The van der Waals surface area contributed by atoms with Crippen molar-refractivity contribution in [3.8, 4) is 0 Å². The lowest BCUT2D eigenvalue weighted by Gasteiger charge is -1.85. The molecule has 0 aliphatic heterocycles. The maximum Gasteiger partial charge on any atom is 0.0638 e. The van der Waals surface area contributed by atoms with Crippen LogP contribution in [0.3, 0.4) is 0 Å². The molecule has 1 aromatic rings. The summed E-state index contributed by atoms with van der Waals surface area (Å²) in [7, 11) is 1.90. The van der Waals surface area contributed by atoms with Crippen molar-refractivity contribution in [2.24, 2.45) is 12.8 Å². The third-order valence-corrected chi connectivity index (χ3v) is 1.34. The van der Waals surface area contributed by atoms with E-state index in [0.29, 0.717) is 6.54 Å². The molecule has 2 N–H and O–H groups in total. The smallest absolute Gasteiger partial charge is 0.0638 e. The lowest BCUT2D eigenvalue weighted by atomic mass is 10.3. The molecule has 3 heteroatoms. The van der Waals surface area contributed by atoms with Crippen molar-refractivity contribution in [1.29, 1.82) is 0 Å². The summed E-state index contributed by atoms with van der Waals surface area (Å²) < 4.78 is 1.78. The molecule has 1 rings (SSSR count).